The van der Waals surface area contributed by atoms with E-state index in [-0.39, 0.29) is 18.8 Å². The molecule has 1 aromatic rings. The molecule has 1 atom stereocenters. The number of aliphatic carboxylic acids is 1. The molecule has 0 radical (unpaired) electrons. The van der Waals surface area contributed by atoms with Crippen LogP contribution < -0.4 is 5.32 Å². The molecule has 0 bridgehead atoms. The Morgan fingerprint density at radius 2 is 2.16 bits per heavy atom. The number of carboxylic acid groups (broad SMARTS) is 1. The molecule has 2 N–H and O–H groups in total. The number of benzene rings is 1. The second-order valence-corrected chi connectivity index (χ2v) is 4.43. The minimum atomic E-state index is -0.972. The van der Waals surface area contributed by atoms with Crippen LogP contribution in [0.25, 0.3) is 0 Å². The predicted octanol–water partition coefficient (Wildman–Crippen LogP) is 1.83. The fraction of sp³-hybridized carbons (Fsp3) is 0.385. The van der Waals surface area contributed by atoms with Crippen molar-refractivity contribution >= 4 is 12.0 Å². The fourth-order valence-corrected chi connectivity index (χ4v) is 1.61. The lowest BCUT2D eigenvalue weighted by Gasteiger charge is -2.20. The van der Waals surface area contributed by atoms with E-state index in [0.717, 1.165) is 0 Å². The van der Waals surface area contributed by atoms with Crippen molar-refractivity contribution in [2.75, 3.05) is 7.05 Å². The summed E-state index contributed by atoms with van der Waals surface area (Å²) in [6.07, 6.45) is -0.139. The number of urea groups is 1. The summed E-state index contributed by atoms with van der Waals surface area (Å²) in [4.78, 5) is 23.6. The first-order chi connectivity index (χ1) is 8.88. The van der Waals surface area contributed by atoms with E-state index in [2.05, 4.69) is 5.32 Å². The minimum absolute atomic E-state index is 0.139. The Hall–Kier alpha value is -2.11. The van der Waals surface area contributed by atoms with Crippen LogP contribution in [-0.2, 0) is 11.3 Å². The zero-order valence-electron chi connectivity index (χ0n) is 10.9. The van der Waals surface area contributed by atoms with E-state index >= 15 is 0 Å². The Kier molecular flexibility index (Phi) is 5.29. The number of hydrogen-bond acceptors (Lipinski definition) is 2. The van der Waals surface area contributed by atoms with Crippen molar-refractivity contribution in [1.82, 2.24) is 10.2 Å². The van der Waals surface area contributed by atoms with Gasteiger partial charge in [-0.05, 0) is 24.6 Å². The summed E-state index contributed by atoms with van der Waals surface area (Å²) in [5.41, 5.74) is 0.670. The third-order valence-corrected chi connectivity index (χ3v) is 2.51. The quantitative estimate of drug-likeness (QED) is 0.856. The Morgan fingerprint density at radius 3 is 2.74 bits per heavy atom. The Bertz CT molecular complexity index is 465. The first kappa shape index (κ1) is 14.9. The van der Waals surface area contributed by atoms with E-state index in [1.54, 1.807) is 26.1 Å². The number of rotatable bonds is 5. The predicted molar refractivity (Wildman–Crippen MR) is 68.1 cm³/mol. The second-order valence-electron chi connectivity index (χ2n) is 4.43. The van der Waals surface area contributed by atoms with E-state index < -0.39 is 18.0 Å². The summed E-state index contributed by atoms with van der Waals surface area (Å²) in [7, 11) is 1.56. The molecule has 2 amide bonds. The average molecular weight is 268 g/mol. The van der Waals surface area contributed by atoms with Crippen molar-refractivity contribution in [2.45, 2.75) is 25.9 Å². The maximum absolute atomic E-state index is 13.0. The van der Waals surface area contributed by atoms with Crippen molar-refractivity contribution < 1.29 is 19.1 Å². The third kappa shape index (κ3) is 5.37. The number of amides is 2. The van der Waals surface area contributed by atoms with Gasteiger partial charge in [0.1, 0.15) is 5.82 Å². The van der Waals surface area contributed by atoms with Crippen molar-refractivity contribution in [3.63, 3.8) is 0 Å². The van der Waals surface area contributed by atoms with Crippen LogP contribution in [0.3, 0.4) is 0 Å². The summed E-state index contributed by atoms with van der Waals surface area (Å²) in [5, 5.41) is 11.2. The van der Waals surface area contributed by atoms with Gasteiger partial charge < -0.3 is 15.3 Å². The van der Waals surface area contributed by atoms with Crippen LogP contribution in [0.4, 0.5) is 9.18 Å². The highest BCUT2D eigenvalue weighted by Gasteiger charge is 2.14. The van der Waals surface area contributed by atoms with Crippen molar-refractivity contribution in [2.24, 2.45) is 0 Å². The van der Waals surface area contributed by atoms with Crippen molar-refractivity contribution in [1.29, 1.82) is 0 Å². The standard InChI is InChI=1S/C13H17FN2O3/c1-9(6-12(17)18)15-13(19)16(2)8-10-4-3-5-11(14)7-10/h3-5,7,9H,6,8H2,1-2H3,(H,15,19)(H,17,18). The zero-order valence-corrected chi connectivity index (χ0v) is 10.9. The van der Waals surface area contributed by atoms with Crippen LogP contribution in [0.15, 0.2) is 24.3 Å². The van der Waals surface area contributed by atoms with E-state index in [1.165, 1.54) is 17.0 Å². The lowest BCUT2D eigenvalue weighted by atomic mass is 10.2. The Balaban J connectivity index is 2.51. The van der Waals surface area contributed by atoms with E-state index in [4.69, 9.17) is 5.11 Å². The lowest BCUT2D eigenvalue weighted by molar-refractivity contribution is -0.137. The largest absolute Gasteiger partial charge is 0.481 e. The van der Waals surface area contributed by atoms with Crippen molar-refractivity contribution in [3.05, 3.63) is 35.6 Å². The molecule has 0 spiro atoms. The highest BCUT2D eigenvalue weighted by molar-refractivity contribution is 5.75. The highest BCUT2D eigenvalue weighted by atomic mass is 19.1. The molecule has 104 valence electrons. The first-order valence-corrected chi connectivity index (χ1v) is 5.86. The molecule has 0 saturated carbocycles. The molecule has 0 heterocycles. The summed E-state index contributed by atoms with van der Waals surface area (Å²) >= 11 is 0. The van der Waals surface area contributed by atoms with Gasteiger partial charge in [-0.15, -0.1) is 0 Å². The van der Waals surface area contributed by atoms with Crippen LogP contribution in [0.5, 0.6) is 0 Å². The average Bonchev–Trinajstić information content (AvgIpc) is 2.27. The van der Waals surface area contributed by atoms with Crippen LogP contribution >= 0.6 is 0 Å². The van der Waals surface area contributed by atoms with Gasteiger partial charge in [0.15, 0.2) is 0 Å². The normalized spacial score (nSPS) is 11.7. The molecule has 1 aromatic carbocycles. The van der Waals surface area contributed by atoms with Gasteiger partial charge in [-0.1, -0.05) is 12.1 Å². The second kappa shape index (κ2) is 6.72. The van der Waals surface area contributed by atoms with Gasteiger partial charge in [-0.25, -0.2) is 9.18 Å². The summed E-state index contributed by atoms with van der Waals surface area (Å²) in [5.74, 6) is -1.33. The summed E-state index contributed by atoms with van der Waals surface area (Å²) < 4.78 is 13.0. The molecule has 1 rings (SSSR count). The smallest absolute Gasteiger partial charge is 0.317 e. The monoisotopic (exact) mass is 268 g/mol. The number of nitrogens with zero attached hydrogens (tertiary/aromatic N) is 1. The van der Waals surface area contributed by atoms with Crippen LogP contribution in [0, 0.1) is 5.82 Å². The topological polar surface area (TPSA) is 69.6 Å². The minimum Gasteiger partial charge on any atom is -0.481 e. The van der Waals surface area contributed by atoms with Crippen LogP contribution in [-0.4, -0.2) is 35.1 Å². The number of nitrogens with one attached hydrogen (secondary N) is 1. The van der Waals surface area contributed by atoms with Crippen LogP contribution in [0.2, 0.25) is 0 Å². The van der Waals surface area contributed by atoms with Gasteiger partial charge in [-0.3, -0.25) is 4.79 Å². The number of carbonyl (C=O) groups excluding carboxylic acids is 1. The molecule has 0 aromatic heterocycles. The molecule has 0 saturated heterocycles. The number of halogens is 1. The number of carbonyl (C=O) groups is 2. The summed E-state index contributed by atoms with van der Waals surface area (Å²) in [6, 6.07) is 5.12. The third-order valence-electron chi connectivity index (χ3n) is 2.51. The molecule has 0 fully saturated rings. The van der Waals surface area contributed by atoms with Gasteiger partial charge in [0.05, 0.1) is 6.42 Å². The van der Waals surface area contributed by atoms with Gasteiger partial charge in [0.25, 0.3) is 0 Å². The van der Waals surface area contributed by atoms with Gasteiger partial charge in [0, 0.05) is 19.6 Å². The van der Waals surface area contributed by atoms with Crippen molar-refractivity contribution in [3.8, 4) is 0 Å². The van der Waals surface area contributed by atoms with Gasteiger partial charge in [0.2, 0.25) is 0 Å². The SMILES string of the molecule is CC(CC(=O)O)NC(=O)N(C)Cc1cccc(F)c1. The highest BCUT2D eigenvalue weighted by Crippen LogP contribution is 2.06. The molecule has 1 unspecified atom stereocenters. The fourth-order valence-electron chi connectivity index (χ4n) is 1.61. The van der Waals surface area contributed by atoms with E-state index in [1.807, 2.05) is 0 Å². The number of hydrogen-bond donors (Lipinski definition) is 2. The van der Waals surface area contributed by atoms with Crippen LogP contribution in [0.1, 0.15) is 18.9 Å². The molecule has 0 aliphatic rings. The molecular weight excluding hydrogens is 251 g/mol. The zero-order chi connectivity index (χ0) is 14.4. The number of carboxylic acids is 1. The Labute approximate surface area is 111 Å². The lowest BCUT2D eigenvalue weighted by Crippen LogP contribution is -2.42. The van der Waals surface area contributed by atoms with E-state index in [0.29, 0.717) is 5.56 Å². The molecule has 5 nitrogen and oxygen atoms in total. The van der Waals surface area contributed by atoms with Gasteiger partial charge in [-0.2, -0.15) is 0 Å². The molecule has 19 heavy (non-hydrogen) atoms. The Morgan fingerprint density at radius 1 is 1.47 bits per heavy atom. The first-order valence-electron chi connectivity index (χ1n) is 5.86. The molecule has 6 heteroatoms. The maximum atomic E-state index is 13.0. The maximum Gasteiger partial charge on any atom is 0.317 e. The summed E-state index contributed by atoms with van der Waals surface area (Å²) in [6.45, 7) is 1.87. The molecule has 0 aliphatic carbocycles. The van der Waals surface area contributed by atoms with E-state index in [9.17, 15) is 14.0 Å². The van der Waals surface area contributed by atoms with Gasteiger partial charge >= 0.3 is 12.0 Å². The molecule has 0 aliphatic heterocycles. The molecular formula is C13H17FN2O3.